The van der Waals surface area contributed by atoms with E-state index >= 15 is 0 Å². The molecule has 1 aromatic rings. The van der Waals surface area contributed by atoms with Crippen molar-refractivity contribution in [2.75, 3.05) is 33.5 Å². The topological polar surface area (TPSA) is 72.2 Å². The maximum atomic E-state index is 6.26. The van der Waals surface area contributed by atoms with Crippen molar-refractivity contribution < 1.29 is 24.0 Å². The molecule has 5 saturated carbocycles. The third-order valence-electron chi connectivity index (χ3n) is 8.69. The average molecular weight is 460 g/mol. The number of hydrogen-bond acceptors (Lipinski definition) is 6. The van der Waals surface area contributed by atoms with Gasteiger partial charge in [0.2, 0.25) is 5.79 Å². The summed E-state index contributed by atoms with van der Waals surface area (Å²) >= 11 is 0. The quantitative estimate of drug-likeness (QED) is 0.222. The summed E-state index contributed by atoms with van der Waals surface area (Å²) in [6.07, 6.45) is 10.9. The highest BCUT2D eigenvalue weighted by Gasteiger charge is 2.60. The van der Waals surface area contributed by atoms with Crippen LogP contribution in [0.5, 0.6) is 5.75 Å². The van der Waals surface area contributed by atoms with Crippen LogP contribution in [-0.4, -0.2) is 45.4 Å². The molecule has 6 heteroatoms. The van der Waals surface area contributed by atoms with Crippen LogP contribution in [-0.2, 0) is 19.2 Å². The first kappa shape index (κ1) is 23.6. The van der Waals surface area contributed by atoms with Crippen LogP contribution in [0.15, 0.2) is 24.3 Å². The number of rotatable bonds is 11. The molecule has 0 radical (unpaired) electrons. The van der Waals surface area contributed by atoms with Gasteiger partial charge in [-0.1, -0.05) is 12.1 Å². The zero-order chi connectivity index (χ0) is 22.7. The van der Waals surface area contributed by atoms with E-state index in [1.54, 1.807) is 0 Å². The zero-order valence-electron chi connectivity index (χ0n) is 20.1. The van der Waals surface area contributed by atoms with E-state index in [9.17, 15) is 0 Å². The van der Waals surface area contributed by atoms with Crippen molar-refractivity contribution in [3.8, 4) is 5.75 Å². The fourth-order valence-electron chi connectivity index (χ4n) is 7.22. The average Bonchev–Trinajstić information content (AvgIpc) is 2.84. The molecule has 0 atom stereocenters. The van der Waals surface area contributed by atoms with Crippen LogP contribution >= 0.6 is 0 Å². The van der Waals surface area contributed by atoms with Crippen LogP contribution in [0.3, 0.4) is 0 Å². The Labute approximate surface area is 198 Å². The van der Waals surface area contributed by atoms with Crippen LogP contribution in [0, 0.1) is 23.7 Å². The van der Waals surface area contributed by atoms with Crippen molar-refractivity contribution in [3.05, 3.63) is 29.8 Å². The predicted octanol–water partition coefficient (Wildman–Crippen LogP) is 4.81. The highest BCUT2D eigenvalue weighted by Crippen LogP contribution is 2.60. The second-order valence-corrected chi connectivity index (χ2v) is 10.7. The fourth-order valence-corrected chi connectivity index (χ4v) is 7.22. The third kappa shape index (κ3) is 5.10. The molecular formula is C27H41NO5. The standard InChI is InChI=1S/C27H41NO5/c1-29-27(23-15-19-14-20(17-23)18-24(27)16-19)33-32-26-8-4-22(5-9-26)21-2-6-25(7-3-21)31-13-12-30-11-10-28/h2-3,6-7,19-20,22-24,26H,4-5,8-18,28H2,1H3/t19?,20?,22-,23?,24?,26+,27?. The van der Waals surface area contributed by atoms with Crippen molar-refractivity contribution in [2.45, 2.75) is 75.6 Å². The van der Waals surface area contributed by atoms with Gasteiger partial charge < -0.3 is 19.9 Å². The largest absolute Gasteiger partial charge is 0.491 e. The molecule has 6 rings (SSSR count). The van der Waals surface area contributed by atoms with E-state index in [1.807, 2.05) is 7.11 Å². The molecule has 0 heterocycles. The fraction of sp³-hybridized carbons (Fsp3) is 0.778. The van der Waals surface area contributed by atoms with E-state index in [4.69, 9.17) is 29.7 Å². The van der Waals surface area contributed by atoms with Crippen LogP contribution in [0.1, 0.15) is 69.3 Å². The molecule has 5 aliphatic rings. The monoisotopic (exact) mass is 459 g/mol. The minimum Gasteiger partial charge on any atom is -0.491 e. The van der Waals surface area contributed by atoms with E-state index in [-0.39, 0.29) is 6.10 Å². The Kier molecular flexibility index (Phi) is 7.57. The molecule has 4 bridgehead atoms. The Balaban J connectivity index is 1.07. The Morgan fingerprint density at radius 3 is 2.12 bits per heavy atom. The summed E-state index contributed by atoms with van der Waals surface area (Å²) < 4.78 is 17.2. The van der Waals surface area contributed by atoms with Crippen LogP contribution in [0.4, 0.5) is 0 Å². The smallest absolute Gasteiger partial charge is 0.207 e. The van der Waals surface area contributed by atoms with Crippen molar-refractivity contribution >= 4 is 0 Å². The van der Waals surface area contributed by atoms with Gasteiger partial charge in [-0.05, 0) is 93.2 Å². The molecule has 2 N–H and O–H groups in total. The molecule has 0 aliphatic heterocycles. The van der Waals surface area contributed by atoms with Gasteiger partial charge in [0.1, 0.15) is 12.4 Å². The van der Waals surface area contributed by atoms with Crippen molar-refractivity contribution in [1.29, 1.82) is 0 Å². The summed E-state index contributed by atoms with van der Waals surface area (Å²) in [6.45, 7) is 2.24. The van der Waals surface area contributed by atoms with E-state index < -0.39 is 5.79 Å². The third-order valence-corrected chi connectivity index (χ3v) is 8.69. The normalized spacial score (nSPS) is 37.4. The minimum atomic E-state index is -0.505. The lowest BCUT2D eigenvalue weighted by atomic mass is 9.53. The van der Waals surface area contributed by atoms with Crippen LogP contribution < -0.4 is 10.5 Å². The van der Waals surface area contributed by atoms with E-state index in [0.717, 1.165) is 43.3 Å². The first-order chi connectivity index (χ1) is 16.2. The summed E-state index contributed by atoms with van der Waals surface area (Å²) in [5, 5.41) is 0. The van der Waals surface area contributed by atoms with Gasteiger partial charge in [-0.15, -0.1) is 0 Å². The Hall–Kier alpha value is -1.18. The number of benzene rings is 1. The molecule has 0 amide bonds. The van der Waals surface area contributed by atoms with Crippen molar-refractivity contribution in [1.82, 2.24) is 0 Å². The maximum Gasteiger partial charge on any atom is 0.207 e. The summed E-state index contributed by atoms with van der Waals surface area (Å²) in [7, 11) is 1.82. The molecule has 6 nitrogen and oxygen atoms in total. The van der Waals surface area contributed by atoms with Crippen LogP contribution in [0.2, 0.25) is 0 Å². The summed E-state index contributed by atoms with van der Waals surface area (Å²) in [5.41, 5.74) is 6.80. The molecule has 1 aromatic carbocycles. The molecule has 5 fully saturated rings. The number of hydrogen-bond donors (Lipinski definition) is 1. The van der Waals surface area contributed by atoms with Crippen LogP contribution in [0.25, 0.3) is 0 Å². The minimum absolute atomic E-state index is 0.168. The lowest BCUT2D eigenvalue weighted by Gasteiger charge is -2.58. The van der Waals surface area contributed by atoms with Gasteiger partial charge in [0.05, 0.1) is 19.3 Å². The number of nitrogens with two attached hydrogens (primary N) is 1. The second kappa shape index (κ2) is 10.6. The molecule has 0 spiro atoms. The first-order valence-electron chi connectivity index (χ1n) is 13.1. The van der Waals surface area contributed by atoms with Gasteiger partial charge in [-0.3, -0.25) is 0 Å². The van der Waals surface area contributed by atoms with Gasteiger partial charge in [0.15, 0.2) is 0 Å². The molecular weight excluding hydrogens is 418 g/mol. The Bertz CT molecular complexity index is 717. The highest BCUT2D eigenvalue weighted by molar-refractivity contribution is 5.29. The van der Waals surface area contributed by atoms with E-state index in [1.165, 1.54) is 37.7 Å². The molecule has 0 unspecified atom stereocenters. The molecule has 0 saturated heterocycles. The van der Waals surface area contributed by atoms with Gasteiger partial charge in [-0.2, -0.15) is 0 Å². The van der Waals surface area contributed by atoms with Crippen molar-refractivity contribution in [3.63, 3.8) is 0 Å². The molecule has 5 aliphatic carbocycles. The maximum absolute atomic E-state index is 6.26. The summed E-state index contributed by atoms with van der Waals surface area (Å²) in [4.78, 5) is 12.4. The lowest BCUT2D eigenvalue weighted by molar-refractivity contribution is -0.485. The second-order valence-electron chi connectivity index (χ2n) is 10.7. The number of ether oxygens (including phenoxy) is 3. The Morgan fingerprint density at radius 2 is 1.52 bits per heavy atom. The van der Waals surface area contributed by atoms with E-state index in [2.05, 4.69) is 24.3 Å². The SMILES string of the molecule is COC1(OO[C@H]2CC[C@@H](c3ccc(OCCOCCN)cc3)CC2)C2CC3CC(C2)CC1C3. The lowest BCUT2D eigenvalue weighted by Crippen LogP contribution is -2.60. The highest BCUT2D eigenvalue weighted by atomic mass is 17.2. The first-order valence-corrected chi connectivity index (χ1v) is 13.1. The summed E-state index contributed by atoms with van der Waals surface area (Å²) in [6, 6.07) is 8.54. The van der Waals surface area contributed by atoms with Gasteiger partial charge in [0.25, 0.3) is 0 Å². The van der Waals surface area contributed by atoms with E-state index in [0.29, 0.717) is 44.1 Å². The molecule has 0 aromatic heterocycles. The number of methoxy groups -OCH3 is 1. The zero-order valence-corrected chi connectivity index (χ0v) is 20.1. The van der Waals surface area contributed by atoms with Gasteiger partial charge >= 0.3 is 0 Å². The Morgan fingerprint density at radius 1 is 0.848 bits per heavy atom. The van der Waals surface area contributed by atoms with Gasteiger partial charge in [0, 0.05) is 25.5 Å². The summed E-state index contributed by atoms with van der Waals surface area (Å²) in [5.74, 6) is 3.74. The molecule has 184 valence electrons. The van der Waals surface area contributed by atoms with Crippen molar-refractivity contribution in [2.24, 2.45) is 29.4 Å². The predicted molar refractivity (Wildman–Crippen MR) is 126 cm³/mol. The molecule has 33 heavy (non-hydrogen) atoms. The van der Waals surface area contributed by atoms with Gasteiger partial charge in [-0.25, -0.2) is 9.78 Å².